The molecule has 59 heavy (non-hydrogen) atoms. The normalized spacial score (nSPS) is 21.5. The minimum Gasteiger partial charge on any atom is -0.453 e. The molecule has 15 nitrogen and oxygen atoms in total. The highest BCUT2D eigenvalue weighted by atomic mass is 16.5. The Labute approximate surface area is 342 Å². The van der Waals surface area contributed by atoms with Crippen LogP contribution in [0.1, 0.15) is 76.6 Å². The Hall–Kier alpha value is -5.96. The van der Waals surface area contributed by atoms with Gasteiger partial charge in [-0.25, -0.2) is 19.6 Å². The van der Waals surface area contributed by atoms with Gasteiger partial charge in [0, 0.05) is 25.1 Å². The van der Waals surface area contributed by atoms with E-state index in [0.29, 0.717) is 18.3 Å². The number of rotatable bonds is 11. The Kier molecular flexibility index (Phi) is 11.0. The Balaban J connectivity index is 0.999. The standard InChI is InChI=1S/C44H52N8O7/c1-23(2)35(49-43(55)58-5)42(54)52-30-16-13-29(21-30)38(52)40-46-32-18-15-28-20-27(14-17-31(28)37(32)48-40)25-9-11-26(12-10-25)33-22-45-39(47-33)34-8-7-19-51(34)41(53)36(24(3)57-4)50-44(56)59-6/h9-12,14-15,17-18,20,22-24,29-30,34-36,38H,7-8,13,16,19,21H2,1-6H3,(H,45,47)(H,46,48)(H,49,55)(H,50,56)/t24-,29+,30-,34+,35+,36?,38+/m1/s1. The summed E-state index contributed by atoms with van der Waals surface area (Å²) in [5.74, 6) is 1.31. The maximum Gasteiger partial charge on any atom is 0.407 e. The zero-order valence-electron chi connectivity index (χ0n) is 34.3. The second kappa shape index (κ2) is 16.4. The zero-order chi connectivity index (χ0) is 41.5. The Bertz CT molecular complexity index is 2370. The van der Waals surface area contributed by atoms with Crippen LogP contribution in [0.25, 0.3) is 44.2 Å². The Morgan fingerprint density at radius 3 is 2.22 bits per heavy atom. The van der Waals surface area contributed by atoms with E-state index in [1.54, 1.807) is 18.0 Å². The number of fused-ring (bicyclic) bond motifs is 5. The molecule has 5 aromatic rings. The molecular weight excluding hydrogens is 753 g/mol. The maximum absolute atomic E-state index is 14.1. The van der Waals surface area contributed by atoms with Gasteiger partial charge in [-0.1, -0.05) is 56.3 Å². The number of likely N-dealkylation sites (tertiary alicyclic amines) is 2. The van der Waals surface area contributed by atoms with Crippen LogP contribution >= 0.6 is 0 Å². The highest BCUT2D eigenvalue weighted by Crippen LogP contribution is 2.50. The molecule has 2 aliphatic heterocycles. The van der Waals surface area contributed by atoms with Crippen molar-refractivity contribution in [1.82, 2.24) is 40.4 Å². The van der Waals surface area contributed by atoms with E-state index in [1.807, 2.05) is 24.8 Å². The van der Waals surface area contributed by atoms with Gasteiger partial charge in [-0.05, 0) is 85.1 Å². The summed E-state index contributed by atoms with van der Waals surface area (Å²) in [5, 5.41) is 7.51. The molecule has 2 aromatic heterocycles. The van der Waals surface area contributed by atoms with Gasteiger partial charge in [0.25, 0.3) is 0 Å². The third-order valence-corrected chi connectivity index (χ3v) is 12.5. The summed E-state index contributed by atoms with van der Waals surface area (Å²) in [5.41, 5.74) is 5.70. The number of nitrogens with one attached hydrogen (secondary N) is 4. The number of benzene rings is 3. The molecule has 3 aliphatic rings. The lowest BCUT2D eigenvalue weighted by Crippen LogP contribution is -2.54. The Morgan fingerprint density at radius 1 is 0.797 bits per heavy atom. The Morgan fingerprint density at radius 2 is 1.51 bits per heavy atom. The number of carbonyl (C=O) groups excluding carboxylic acids is 4. The number of carbonyl (C=O) groups is 4. The number of amides is 4. The SMILES string of the molecule is COC(=O)NC(C(=O)N1CCC[C@H]1c1ncc(-c2ccc(-c3ccc4c(ccc5nc([C@@H]6[C@H]7CC[C@H](C7)N6C(=O)[C@@H](NC(=O)OC)C(C)C)[nH]c54)c3)cc2)[nH]1)[C@@H](C)OC. The second-order valence-electron chi connectivity index (χ2n) is 16.3. The number of methoxy groups -OCH3 is 3. The number of aromatic amines is 2. The van der Waals surface area contributed by atoms with Gasteiger partial charge >= 0.3 is 12.2 Å². The summed E-state index contributed by atoms with van der Waals surface area (Å²) < 4.78 is 15.0. The van der Waals surface area contributed by atoms with Crippen LogP contribution in [0, 0.1) is 11.8 Å². The van der Waals surface area contributed by atoms with E-state index in [4.69, 9.17) is 19.2 Å². The van der Waals surface area contributed by atoms with Gasteiger partial charge in [0.2, 0.25) is 11.8 Å². The number of piperidine rings is 1. The molecule has 1 aliphatic carbocycles. The molecule has 8 rings (SSSR count). The summed E-state index contributed by atoms with van der Waals surface area (Å²) in [6, 6.07) is 16.9. The number of ether oxygens (including phenoxy) is 3. The fourth-order valence-electron chi connectivity index (χ4n) is 9.36. The molecule has 7 atom stereocenters. The fourth-order valence-corrected chi connectivity index (χ4v) is 9.36. The van der Waals surface area contributed by atoms with Crippen LogP contribution in [0.4, 0.5) is 9.59 Å². The third kappa shape index (κ3) is 7.47. The van der Waals surface area contributed by atoms with Crippen LogP contribution in [0.5, 0.6) is 0 Å². The van der Waals surface area contributed by atoms with Crippen molar-refractivity contribution >= 4 is 45.8 Å². The molecule has 1 saturated carbocycles. The first kappa shape index (κ1) is 39.8. The minimum absolute atomic E-state index is 0.0959. The van der Waals surface area contributed by atoms with Crippen LogP contribution in [-0.2, 0) is 23.8 Å². The molecule has 15 heteroatoms. The van der Waals surface area contributed by atoms with Crippen LogP contribution < -0.4 is 10.6 Å². The van der Waals surface area contributed by atoms with Gasteiger partial charge in [0.15, 0.2) is 0 Å². The van der Waals surface area contributed by atoms with Gasteiger partial charge in [-0.15, -0.1) is 0 Å². The van der Waals surface area contributed by atoms with Gasteiger partial charge in [-0.3, -0.25) is 9.59 Å². The largest absolute Gasteiger partial charge is 0.453 e. The number of imidazole rings is 2. The van der Waals surface area contributed by atoms with Crippen molar-refractivity contribution in [2.45, 2.75) is 89.2 Å². The van der Waals surface area contributed by atoms with Crippen molar-refractivity contribution in [3.63, 3.8) is 0 Å². The summed E-state index contributed by atoms with van der Waals surface area (Å²) in [7, 11) is 4.07. The highest BCUT2D eigenvalue weighted by Gasteiger charge is 2.51. The summed E-state index contributed by atoms with van der Waals surface area (Å²) >= 11 is 0. The van der Waals surface area contributed by atoms with Gasteiger partial charge < -0.3 is 44.6 Å². The summed E-state index contributed by atoms with van der Waals surface area (Å²) in [6.07, 6.45) is 4.39. The van der Waals surface area contributed by atoms with Crippen LogP contribution in [0.15, 0.2) is 60.8 Å². The predicted octanol–water partition coefficient (Wildman–Crippen LogP) is 6.63. The molecule has 4 amide bonds. The number of alkyl carbamates (subject to hydrolysis) is 2. The third-order valence-electron chi connectivity index (χ3n) is 12.5. The fraction of sp³-hybridized carbons (Fsp3) is 0.455. The van der Waals surface area contributed by atoms with Gasteiger partial charge in [0.1, 0.15) is 23.7 Å². The predicted molar refractivity (Wildman–Crippen MR) is 221 cm³/mol. The average molecular weight is 805 g/mol. The lowest BCUT2D eigenvalue weighted by molar-refractivity contribution is -0.139. The average Bonchev–Trinajstić information content (AvgIpc) is 4.11. The van der Waals surface area contributed by atoms with Crippen LogP contribution in [-0.4, -0.2) is 106 Å². The van der Waals surface area contributed by atoms with E-state index in [1.165, 1.54) is 21.3 Å². The number of H-pyrrole nitrogens is 2. The number of nitrogens with zero attached hydrogens (tertiary/aromatic N) is 4. The first-order valence-electron chi connectivity index (χ1n) is 20.4. The number of hydrogen-bond donors (Lipinski definition) is 4. The first-order chi connectivity index (χ1) is 28.5. The monoisotopic (exact) mass is 804 g/mol. The van der Waals surface area contributed by atoms with E-state index in [-0.39, 0.29) is 35.9 Å². The maximum atomic E-state index is 14.1. The van der Waals surface area contributed by atoms with Crippen molar-refractivity contribution in [1.29, 1.82) is 0 Å². The second-order valence-corrected chi connectivity index (χ2v) is 16.3. The van der Waals surface area contributed by atoms with E-state index >= 15 is 0 Å². The number of hydrogen-bond acceptors (Lipinski definition) is 9. The molecule has 0 spiro atoms. The smallest absolute Gasteiger partial charge is 0.407 e. The molecule has 0 radical (unpaired) electrons. The quantitative estimate of drug-likeness (QED) is 0.114. The van der Waals surface area contributed by atoms with Gasteiger partial charge in [-0.2, -0.15) is 0 Å². The first-order valence-corrected chi connectivity index (χ1v) is 20.4. The minimum atomic E-state index is -0.898. The van der Waals surface area contributed by atoms with Crippen molar-refractivity contribution in [3.8, 4) is 22.4 Å². The van der Waals surface area contributed by atoms with Crippen LogP contribution in [0.3, 0.4) is 0 Å². The molecule has 3 fully saturated rings. The van der Waals surface area contributed by atoms with Crippen molar-refractivity contribution in [3.05, 3.63) is 72.4 Å². The molecule has 2 saturated heterocycles. The van der Waals surface area contributed by atoms with Crippen LogP contribution in [0.2, 0.25) is 0 Å². The highest BCUT2D eigenvalue weighted by molar-refractivity contribution is 6.05. The van der Waals surface area contributed by atoms with Crippen molar-refractivity contribution < 1.29 is 33.4 Å². The molecular formula is C44H52N8O7. The van der Waals surface area contributed by atoms with Crippen molar-refractivity contribution in [2.24, 2.45) is 11.8 Å². The topological polar surface area (TPSA) is 184 Å². The van der Waals surface area contributed by atoms with Crippen molar-refractivity contribution in [2.75, 3.05) is 27.9 Å². The lowest BCUT2D eigenvalue weighted by Gasteiger charge is -2.37. The summed E-state index contributed by atoms with van der Waals surface area (Å²) in [4.78, 5) is 72.5. The molecule has 4 heterocycles. The van der Waals surface area contributed by atoms with E-state index in [0.717, 1.165) is 82.1 Å². The zero-order valence-corrected chi connectivity index (χ0v) is 34.3. The molecule has 310 valence electrons. The van der Waals surface area contributed by atoms with E-state index in [9.17, 15) is 19.2 Å². The van der Waals surface area contributed by atoms with E-state index in [2.05, 4.69) is 74.1 Å². The molecule has 1 unspecified atom stereocenters. The lowest BCUT2D eigenvalue weighted by atomic mass is 9.95. The molecule has 4 N–H and O–H groups in total. The van der Waals surface area contributed by atoms with E-state index < -0.39 is 30.4 Å². The molecule has 3 aromatic carbocycles. The van der Waals surface area contributed by atoms with Gasteiger partial charge in [0.05, 0.1) is 55.3 Å². The molecule has 2 bridgehead atoms. The number of aromatic nitrogens is 4. The summed E-state index contributed by atoms with van der Waals surface area (Å²) in [6.45, 7) is 6.14.